The molecule has 1 aromatic rings. The summed E-state index contributed by atoms with van der Waals surface area (Å²) >= 11 is 3.26. The van der Waals surface area contributed by atoms with E-state index in [9.17, 15) is 4.79 Å². The quantitative estimate of drug-likeness (QED) is 0.781. The molecule has 0 unspecified atom stereocenters. The lowest BCUT2D eigenvalue weighted by molar-refractivity contribution is 0.0520. The molecule has 6 heteroatoms. The molecule has 0 fully saturated rings. The van der Waals surface area contributed by atoms with Gasteiger partial charge in [-0.2, -0.15) is 5.10 Å². The first kappa shape index (κ1) is 11.4. The van der Waals surface area contributed by atoms with E-state index >= 15 is 0 Å². The number of hydrogen-bond acceptors (Lipinski definition) is 4. The van der Waals surface area contributed by atoms with Gasteiger partial charge in [-0.1, -0.05) is 0 Å². The summed E-state index contributed by atoms with van der Waals surface area (Å²) in [5.74, 6) is 0.125. The van der Waals surface area contributed by atoms with Crippen LogP contribution in [0.4, 0.5) is 0 Å². The average molecular weight is 289 g/mol. The maximum atomic E-state index is 11.7. The Morgan fingerprint density at radius 2 is 2.44 bits per heavy atom. The number of carbonyl (C=O) groups is 1. The van der Waals surface area contributed by atoms with Gasteiger partial charge in [0.1, 0.15) is 4.60 Å². The van der Waals surface area contributed by atoms with Crippen molar-refractivity contribution in [1.82, 2.24) is 9.78 Å². The number of hydrogen-bond donors (Lipinski definition) is 0. The minimum Gasteiger partial charge on any atom is -0.477 e. The second-order valence-electron chi connectivity index (χ2n) is 3.47. The van der Waals surface area contributed by atoms with Gasteiger partial charge in [0.25, 0.3) is 0 Å². The Morgan fingerprint density at radius 3 is 3.19 bits per heavy atom. The van der Waals surface area contributed by atoms with Crippen LogP contribution in [0.3, 0.4) is 0 Å². The van der Waals surface area contributed by atoms with Crippen LogP contribution in [0.5, 0.6) is 5.88 Å². The summed E-state index contributed by atoms with van der Waals surface area (Å²) in [7, 11) is 0. The van der Waals surface area contributed by atoms with Gasteiger partial charge in [-0.25, -0.2) is 9.48 Å². The lowest BCUT2D eigenvalue weighted by Gasteiger charge is -2.05. The van der Waals surface area contributed by atoms with E-state index in [0.717, 1.165) is 19.4 Å². The fraction of sp³-hybridized carbons (Fsp3) is 0.600. The third-order valence-electron chi connectivity index (χ3n) is 2.35. The van der Waals surface area contributed by atoms with Crippen molar-refractivity contribution in [3.63, 3.8) is 0 Å². The normalized spacial score (nSPS) is 14.9. The number of ether oxygens (including phenoxy) is 2. The van der Waals surface area contributed by atoms with E-state index in [1.807, 2.05) is 0 Å². The number of aromatic nitrogens is 2. The Morgan fingerprint density at radius 1 is 1.62 bits per heavy atom. The third-order valence-corrected chi connectivity index (χ3v) is 2.90. The lowest BCUT2D eigenvalue weighted by Crippen LogP contribution is -2.08. The van der Waals surface area contributed by atoms with Crippen molar-refractivity contribution in [2.45, 2.75) is 26.3 Å². The summed E-state index contributed by atoms with van der Waals surface area (Å²) < 4.78 is 12.7. The summed E-state index contributed by atoms with van der Waals surface area (Å²) in [6, 6.07) is 0. The molecule has 0 saturated carbocycles. The summed E-state index contributed by atoms with van der Waals surface area (Å²) in [5, 5.41) is 4.22. The van der Waals surface area contributed by atoms with Crippen molar-refractivity contribution in [3.05, 3.63) is 10.2 Å². The van der Waals surface area contributed by atoms with Crippen LogP contribution in [-0.2, 0) is 11.3 Å². The monoisotopic (exact) mass is 288 g/mol. The maximum Gasteiger partial charge on any atom is 0.346 e. The predicted molar refractivity (Wildman–Crippen MR) is 60.6 cm³/mol. The molecular formula is C10H13BrN2O3. The van der Waals surface area contributed by atoms with Gasteiger partial charge in [0, 0.05) is 6.54 Å². The highest BCUT2D eigenvalue weighted by Gasteiger charge is 2.26. The Hall–Kier alpha value is -1.04. The van der Waals surface area contributed by atoms with Crippen molar-refractivity contribution in [1.29, 1.82) is 0 Å². The van der Waals surface area contributed by atoms with E-state index in [1.54, 1.807) is 11.6 Å². The molecule has 0 aliphatic carbocycles. The number of halogens is 1. The number of carbonyl (C=O) groups excluding carboxylic acids is 1. The summed E-state index contributed by atoms with van der Waals surface area (Å²) in [5.41, 5.74) is 0.392. The van der Waals surface area contributed by atoms with E-state index < -0.39 is 5.97 Å². The van der Waals surface area contributed by atoms with E-state index in [1.165, 1.54) is 0 Å². The Labute approximate surface area is 102 Å². The first-order valence-electron chi connectivity index (χ1n) is 5.30. The van der Waals surface area contributed by atoms with Gasteiger partial charge in [0.2, 0.25) is 5.88 Å². The van der Waals surface area contributed by atoms with Crippen LogP contribution in [0, 0.1) is 0 Å². The highest BCUT2D eigenvalue weighted by molar-refractivity contribution is 9.10. The molecule has 0 radical (unpaired) electrons. The molecule has 0 aromatic carbocycles. The zero-order valence-electron chi connectivity index (χ0n) is 9.03. The lowest BCUT2D eigenvalue weighted by atomic mass is 10.3. The van der Waals surface area contributed by atoms with Gasteiger partial charge in [-0.05, 0) is 35.7 Å². The van der Waals surface area contributed by atoms with Crippen LogP contribution >= 0.6 is 15.9 Å². The molecule has 2 heterocycles. The summed E-state index contributed by atoms with van der Waals surface area (Å²) in [4.78, 5) is 11.7. The topological polar surface area (TPSA) is 53.3 Å². The van der Waals surface area contributed by atoms with Gasteiger partial charge in [0.15, 0.2) is 5.56 Å². The van der Waals surface area contributed by atoms with Crippen molar-refractivity contribution in [3.8, 4) is 5.88 Å². The highest BCUT2D eigenvalue weighted by atomic mass is 79.9. The molecule has 0 amide bonds. The molecule has 0 spiro atoms. The van der Waals surface area contributed by atoms with Gasteiger partial charge in [-0.15, -0.1) is 0 Å². The fourth-order valence-electron chi connectivity index (χ4n) is 1.62. The molecule has 1 aliphatic heterocycles. The molecule has 0 saturated heterocycles. The van der Waals surface area contributed by atoms with E-state index in [2.05, 4.69) is 21.0 Å². The third kappa shape index (κ3) is 2.07. The van der Waals surface area contributed by atoms with E-state index in [0.29, 0.717) is 29.3 Å². The summed E-state index contributed by atoms with van der Waals surface area (Å²) in [6.07, 6.45) is 1.98. The van der Waals surface area contributed by atoms with E-state index in [-0.39, 0.29) is 0 Å². The predicted octanol–water partition coefficient (Wildman–Crippen LogP) is 1.99. The van der Waals surface area contributed by atoms with Crippen LogP contribution in [-0.4, -0.2) is 29.0 Å². The Balaban J connectivity index is 2.36. The van der Waals surface area contributed by atoms with Crippen LogP contribution in [0.1, 0.15) is 30.1 Å². The van der Waals surface area contributed by atoms with E-state index in [4.69, 9.17) is 9.47 Å². The molecule has 1 aliphatic rings. The Bertz CT molecular complexity index is 403. The van der Waals surface area contributed by atoms with Gasteiger partial charge >= 0.3 is 5.97 Å². The van der Waals surface area contributed by atoms with Crippen LogP contribution < -0.4 is 4.74 Å². The molecule has 1 aromatic heterocycles. The number of fused-ring (bicyclic) bond motifs is 1. The first-order chi connectivity index (χ1) is 7.74. The average Bonchev–Trinajstić information content (AvgIpc) is 2.43. The highest BCUT2D eigenvalue weighted by Crippen LogP contribution is 2.29. The van der Waals surface area contributed by atoms with Crippen molar-refractivity contribution in [2.75, 3.05) is 13.2 Å². The molecule has 16 heavy (non-hydrogen) atoms. The number of esters is 1. The molecular weight excluding hydrogens is 276 g/mol. The molecule has 5 nitrogen and oxygen atoms in total. The van der Waals surface area contributed by atoms with Crippen LogP contribution in [0.25, 0.3) is 0 Å². The largest absolute Gasteiger partial charge is 0.477 e. The minimum absolute atomic E-state index is 0.343. The number of aryl methyl sites for hydroxylation is 1. The standard InChI is InChI=1S/C10H13BrN2O3/c1-2-15-10(14)7-8(11)12-13-5-3-4-6-16-9(7)13/h2-6H2,1H3. The van der Waals surface area contributed by atoms with Gasteiger partial charge in [-0.3, -0.25) is 0 Å². The minimum atomic E-state index is -0.391. The smallest absolute Gasteiger partial charge is 0.346 e. The zero-order chi connectivity index (χ0) is 11.5. The van der Waals surface area contributed by atoms with Crippen LogP contribution in [0.15, 0.2) is 4.60 Å². The SMILES string of the molecule is CCOC(=O)c1c(Br)nn2c1OCCCC2. The van der Waals surface area contributed by atoms with Gasteiger partial charge < -0.3 is 9.47 Å². The number of nitrogens with zero attached hydrogens (tertiary/aromatic N) is 2. The molecule has 0 N–H and O–H groups in total. The molecule has 2 rings (SSSR count). The zero-order valence-corrected chi connectivity index (χ0v) is 10.6. The first-order valence-corrected chi connectivity index (χ1v) is 6.09. The second kappa shape index (κ2) is 4.86. The molecule has 88 valence electrons. The Kier molecular flexibility index (Phi) is 3.48. The van der Waals surface area contributed by atoms with Crippen molar-refractivity contribution < 1.29 is 14.3 Å². The fourth-order valence-corrected chi connectivity index (χ4v) is 2.15. The molecule has 0 bridgehead atoms. The van der Waals surface area contributed by atoms with Gasteiger partial charge in [0.05, 0.1) is 13.2 Å². The summed E-state index contributed by atoms with van der Waals surface area (Å²) in [6.45, 7) is 3.50. The van der Waals surface area contributed by atoms with Crippen molar-refractivity contribution >= 4 is 21.9 Å². The molecule has 0 atom stereocenters. The number of rotatable bonds is 2. The van der Waals surface area contributed by atoms with Crippen LogP contribution in [0.2, 0.25) is 0 Å². The van der Waals surface area contributed by atoms with Crippen molar-refractivity contribution in [2.24, 2.45) is 0 Å². The second-order valence-corrected chi connectivity index (χ2v) is 4.22. The maximum absolute atomic E-state index is 11.7.